The van der Waals surface area contributed by atoms with Crippen LogP contribution in [0.1, 0.15) is 18.0 Å². The van der Waals surface area contributed by atoms with Crippen molar-refractivity contribution in [2.75, 3.05) is 18.0 Å². The van der Waals surface area contributed by atoms with Crippen molar-refractivity contribution in [3.8, 4) is 11.4 Å². The molecule has 13 heteroatoms. The molecule has 0 radical (unpaired) electrons. The van der Waals surface area contributed by atoms with E-state index in [-0.39, 0.29) is 36.1 Å². The molecule has 0 amide bonds. The maximum absolute atomic E-state index is 14.2. The molecule has 4 heterocycles. The van der Waals surface area contributed by atoms with Crippen LogP contribution in [0.5, 0.6) is 0 Å². The molecule has 1 saturated heterocycles. The molecule has 4 rings (SSSR count). The first-order valence-corrected chi connectivity index (χ1v) is 8.75. The van der Waals surface area contributed by atoms with Crippen LogP contribution in [0.3, 0.4) is 0 Å². The van der Waals surface area contributed by atoms with E-state index in [1.54, 1.807) is 12.1 Å². The van der Waals surface area contributed by atoms with Gasteiger partial charge in [0.25, 0.3) is 0 Å². The summed E-state index contributed by atoms with van der Waals surface area (Å²) < 4.78 is 47.5. The fourth-order valence-electron chi connectivity index (χ4n) is 3.32. The zero-order chi connectivity index (χ0) is 21.5. The molecule has 0 saturated carbocycles. The van der Waals surface area contributed by atoms with E-state index in [9.17, 15) is 23.3 Å². The van der Waals surface area contributed by atoms with Crippen molar-refractivity contribution >= 4 is 11.6 Å². The molecule has 0 aliphatic carbocycles. The molecule has 1 atom stereocenters. The highest BCUT2D eigenvalue weighted by molar-refractivity contribution is 5.52. The van der Waals surface area contributed by atoms with Crippen molar-refractivity contribution in [2.24, 2.45) is 0 Å². The van der Waals surface area contributed by atoms with Crippen molar-refractivity contribution in [3.05, 3.63) is 52.4 Å². The molecular formula is C17H14F3N7O3. The van der Waals surface area contributed by atoms with Gasteiger partial charge in [-0.05, 0) is 25.5 Å². The molecule has 1 fully saturated rings. The van der Waals surface area contributed by atoms with Gasteiger partial charge in [0.15, 0.2) is 5.41 Å². The van der Waals surface area contributed by atoms with Crippen molar-refractivity contribution in [2.45, 2.75) is 24.9 Å². The Morgan fingerprint density at radius 2 is 2.10 bits per heavy atom. The molecule has 10 nitrogen and oxygen atoms in total. The number of halogens is 3. The molecule has 1 unspecified atom stereocenters. The van der Waals surface area contributed by atoms with Gasteiger partial charge in [-0.2, -0.15) is 18.2 Å². The zero-order valence-electron chi connectivity index (χ0n) is 15.5. The summed E-state index contributed by atoms with van der Waals surface area (Å²) in [5.74, 6) is -0.589. The highest BCUT2D eigenvalue weighted by Gasteiger charge is 2.63. The summed E-state index contributed by atoms with van der Waals surface area (Å²) in [6.07, 6.45) is -1.12. The van der Waals surface area contributed by atoms with Crippen molar-refractivity contribution in [3.63, 3.8) is 0 Å². The largest absolute Gasteiger partial charge is 0.405 e. The molecule has 0 spiro atoms. The van der Waals surface area contributed by atoms with E-state index >= 15 is 0 Å². The summed E-state index contributed by atoms with van der Waals surface area (Å²) in [5.41, 5.74) is -2.24. The predicted molar refractivity (Wildman–Crippen MR) is 95.5 cm³/mol. The lowest BCUT2D eigenvalue weighted by molar-refractivity contribution is -0.386. The van der Waals surface area contributed by atoms with Gasteiger partial charge in [0.1, 0.15) is 11.9 Å². The fourth-order valence-corrected chi connectivity index (χ4v) is 3.32. The van der Waals surface area contributed by atoms with Crippen molar-refractivity contribution in [1.29, 1.82) is 0 Å². The number of rotatable bonds is 4. The van der Waals surface area contributed by atoms with Crippen LogP contribution in [0.4, 0.5) is 24.8 Å². The van der Waals surface area contributed by atoms with Gasteiger partial charge in [-0.3, -0.25) is 15.1 Å². The molecule has 1 aliphatic heterocycles. The summed E-state index contributed by atoms with van der Waals surface area (Å²) in [4.78, 5) is 27.3. The van der Waals surface area contributed by atoms with Crippen LogP contribution >= 0.6 is 0 Å². The molecule has 0 aromatic carbocycles. The van der Waals surface area contributed by atoms with Crippen LogP contribution in [0.25, 0.3) is 11.4 Å². The quantitative estimate of drug-likeness (QED) is 0.462. The van der Waals surface area contributed by atoms with Gasteiger partial charge in [-0.25, -0.2) is 9.97 Å². The van der Waals surface area contributed by atoms with E-state index in [1.165, 1.54) is 24.2 Å². The molecule has 0 N–H and O–H groups in total. The number of hydrogen-bond acceptors (Lipinski definition) is 9. The lowest BCUT2D eigenvalue weighted by Gasteiger charge is -2.27. The normalized spacial score (nSPS) is 19.3. The molecule has 3 aromatic rings. The van der Waals surface area contributed by atoms with Crippen LogP contribution in [0.2, 0.25) is 0 Å². The van der Waals surface area contributed by atoms with Crippen LogP contribution in [0, 0.1) is 17.0 Å². The average molecular weight is 421 g/mol. The number of nitrogens with zero attached hydrogens (tertiary/aromatic N) is 7. The summed E-state index contributed by atoms with van der Waals surface area (Å²) in [7, 11) is 0. The highest BCUT2D eigenvalue weighted by atomic mass is 19.4. The Bertz CT molecular complexity index is 1090. The first-order valence-electron chi connectivity index (χ1n) is 8.75. The van der Waals surface area contributed by atoms with Gasteiger partial charge in [0.2, 0.25) is 17.7 Å². The molecule has 0 bridgehead atoms. The Morgan fingerprint density at radius 3 is 2.73 bits per heavy atom. The lowest BCUT2D eigenvalue weighted by atomic mass is 9.86. The second-order valence-electron chi connectivity index (χ2n) is 6.81. The summed E-state index contributed by atoms with van der Waals surface area (Å²) >= 11 is 0. The molecule has 1 aliphatic rings. The molecule has 30 heavy (non-hydrogen) atoms. The average Bonchev–Trinajstić information content (AvgIpc) is 3.36. The summed E-state index contributed by atoms with van der Waals surface area (Å²) in [5, 5.41) is 14.6. The van der Waals surface area contributed by atoms with Crippen molar-refractivity contribution < 1.29 is 22.6 Å². The van der Waals surface area contributed by atoms with Crippen LogP contribution in [-0.4, -0.2) is 49.3 Å². The van der Waals surface area contributed by atoms with Crippen molar-refractivity contribution in [1.82, 2.24) is 25.1 Å². The number of hydrogen-bond donors (Lipinski definition) is 0. The first-order chi connectivity index (χ1) is 14.2. The van der Waals surface area contributed by atoms with Gasteiger partial charge < -0.3 is 9.42 Å². The Kier molecular flexibility index (Phi) is 4.59. The van der Waals surface area contributed by atoms with Gasteiger partial charge >= 0.3 is 11.9 Å². The number of pyridine rings is 1. The third kappa shape index (κ3) is 3.21. The Hall–Kier alpha value is -3.64. The Morgan fingerprint density at radius 1 is 1.30 bits per heavy atom. The van der Waals surface area contributed by atoms with E-state index in [2.05, 4.69) is 25.1 Å². The third-order valence-corrected chi connectivity index (χ3v) is 4.99. The summed E-state index contributed by atoms with van der Waals surface area (Å²) in [6, 6.07) is 3.22. The maximum Gasteiger partial charge on any atom is 0.405 e. The number of alkyl halides is 3. The van der Waals surface area contributed by atoms with Gasteiger partial charge in [0, 0.05) is 31.0 Å². The molecule has 156 valence electrons. The topological polar surface area (TPSA) is 124 Å². The highest BCUT2D eigenvalue weighted by Crippen LogP contribution is 2.48. The first kappa shape index (κ1) is 19.7. The maximum atomic E-state index is 14.2. The van der Waals surface area contributed by atoms with Crippen LogP contribution in [0.15, 0.2) is 35.2 Å². The van der Waals surface area contributed by atoms with Crippen LogP contribution < -0.4 is 4.90 Å². The minimum absolute atomic E-state index is 0.00241. The van der Waals surface area contributed by atoms with E-state index in [1.807, 2.05) is 0 Å². The number of aryl methyl sites for hydroxylation is 1. The van der Waals surface area contributed by atoms with E-state index < -0.39 is 29.0 Å². The van der Waals surface area contributed by atoms with Gasteiger partial charge in [-0.1, -0.05) is 5.16 Å². The second-order valence-corrected chi connectivity index (χ2v) is 6.81. The lowest BCUT2D eigenvalue weighted by Crippen LogP contribution is -2.45. The van der Waals surface area contributed by atoms with Crippen LogP contribution in [-0.2, 0) is 5.41 Å². The van der Waals surface area contributed by atoms with E-state index in [4.69, 9.17) is 4.52 Å². The molecular weight excluding hydrogens is 407 g/mol. The summed E-state index contributed by atoms with van der Waals surface area (Å²) in [6.45, 7) is 0.804. The van der Waals surface area contributed by atoms with Gasteiger partial charge in [-0.15, -0.1) is 0 Å². The zero-order valence-corrected chi connectivity index (χ0v) is 15.5. The van der Waals surface area contributed by atoms with Gasteiger partial charge in [0.05, 0.1) is 4.92 Å². The molecule has 3 aromatic heterocycles. The Balaban J connectivity index is 1.68. The van der Waals surface area contributed by atoms with E-state index in [0.29, 0.717) is 5.56 Å². The minimum atomic E-state index is -4.68. The predicted octanol–water partition coefficient (Wildman–Crippen LogP) is 2.85. The number of nitro groups is 1. The smallest absolute Gasteiger partial charge is 0.339 e. The second kappa shape index (κ2) is 7.00. The SMILES string of the molecule is Cc1nc(N2CCC(c3nc(-c4cccnc4)no3)(C(F)(F)F)C2)ncc1[N+](=O)[O-]. The minimum Gasteiger partial charge on any atom is -0.339 e. The standard InChI is InChI=1S/C17H14F3N7O3/c1-10-12(27(28)29)8-22-15(23-10)26-6-4-16(9-26,17(18,19)20)14-24-13(25-30-14)11-3-2-5-21-7-11/h2-3,5,7-8H,4,6,9H2,1H3. The number of aromatic nitrogens is 5. The Labute approximate surface area is 166 Å². The van der Waals surface area contributed by atoms with E-state index in [0.717, 1.165) is 6.20 Å². The fraction of sp³-hybridized carbons (Fsp3) is 0.353. The number of anilines is 1. The third-order valence-electron chi connectivity index (χ3n) is 4.99. The monoisotopic (exact) mass is 421 g/mol.